The van der Waals surface area contributed by atoms with Crippen molar-refractivity contribution in [3.05, 3.63) is 35.4 Å². The first-order valence-electron chi connectivity index (χ1n) is 4.93. The van der Waals surface area contributed by atoms with Crippen molar-refractivity contribution in [3.8, 4) is 11.5 Å². The van der Waals surface area contributed by atoms with Crippen LogP contribution < -0.4 is 9.47 Å². The van der Waals surface area contributed by atoms with Crippen LogP contribution in [-0.2, 0) is 4.74 Å². The second kappa shape index (κ2) is 3.00. The standard InChI is InChI=1S/C12H12O3/c1-13-11-5-7-8(6-12(11)14-2)10-4-3-9(7)15-10/h3-6,9-10H,1-2H3/t9-,10+. The summed E-state index contributed by atoms with van der Waals surface area (Å²) in [6, 6.07) is 4.00. The SMILES string of the molecule is COc1cc2c(cc1OC)[C@H]1C=C[C@@H]2O1. The van der Waals surface area contributed by atoms with Gasteiger partial charge in [-0.25, -0.2) is 0 Å². The monoisotopic (exact) mass is 204 g/mol. The second-order valence-electron chi connectivity index (χ2n) is 3.70. The van der Waals surface area contributed by atoms with Gasteiger partial charge in [-0.15, -0.1) is 0 Å². The average Bonchev–Trinajstić information content (AvgIpc) is 2.88. The molecule has 0 N–H and O–H groups in total. The number of benzene rings is 1. The van der Waals surface area contributed by atoms with E-state index >= 15 is 0 Å². The van der Waals surface area contributed by atoms with Crippen LogP contribution in [0.2, 0.25) is 0 Å². The Kier molecular flexibility index (Phi) is 1.76. The number of hydrogen-bond donors (Lipinski definition) is 0. The van der Waals surface area contributed by atoms with Gasteiger partial charge in [-0.2, -0.15) is 0 Å². The summed E-state index contributed by atoms with van der Waals surface area (Å²) in [5, 5.41) is 0. The largest absolute Gasteiger partial charge is 0.493 e. The number of hydrogen-bond acceptors (Lipinski definition) is 3. The van der Waals surface area contributed by atoms with Crippen LogP contribution >= 0.6 is 0 Å². The molecule has 1 aromatic carbocycles. The first-order chi connectivity index (χ1) is 7.33. The zero-order chi connectivity index (χ0) is 10.4. The minimum atomic E-state index is 0.102. The molecule has 0 saturated heterocycles. The van der Waals surface area contributed by atoms with Crippen molar-refractivity contribution in [3.63, 3.8) is 0 Å². The van der Waals surface area contributed by atoms with E-state index in [9.17, 15) is 0 Å². The average molecular weight is 204 g/mol. The van der Waals surface area contributed by atoms with E-state index < -0.39 is 0 Å². The Balaban J connectivity index is 2.15. The summed E-state index contributed by atoms with van der Waals surface area (Å²) in [5.41, 5.74) is 2.39. The zero-order valence-corrected chi connectivity index (χ0v) is 8.69. The lowest BCUT2D eigenvalue weighted by molar-refractivity contribution is 0.0878. The minimum Gasteiger partial charge on any atom is -0.493 e. The van der Waals surface area contributed by atoms with Gasteiger partial charge in [0, 0.05) is 0 Å². The van der Waals surface area contributed by atoms with Gasteiger partial charge in [0.2, 0.25) is 0 Å². The highest BCUT2D eigenvalue weighted by Gasteiger charge is 2.34. The van der Waals surface area contributed by atoms with Crippen LogP contribution in [0.25, 0.3) is 0 Å². The van der Waals surface area contributed by atoms with Gasteiger partial charge in [0.25, 0.3) is 0 Å². The normalized spacial score (nSPS) is 25.5. The van der Waals surface area contributed by atoms with Crippen LogP contribution in [0, 0.1) is 0 Å². The van der Waals surface area contributed by atoms with Crippen LogP contribution in [0.4, 0.5) is 0 Å². The lowest BCUT2D eigenvalue weighted by atomic mass is 9.96. The lowest BCUT2D eigenvalue weighted by Gasteiger charge is -2.13. The van der Waals surface area contributed by atoms with E-state index in [1.54, 1.807) is 14.2 Å². The molecule has 0 saturated carbocycles. The Bertz CT molecular complexity index is 398. The summed E-state index contributed by atoms with van der Waals surface area (Å²) in [6.45, 7) is 0. The van der Waals surface area contributed by atoms with Crippen molar-refractivity contribution in [2.45, 2.75) is 12.2 Å². The maximum absolute atomic E-state index is 5.72. The van der Waals surface area contributed by atoms with E-state index in [4.69, 9.17) is 14.2 Å². The molecular weight excluding hydrogens is 192 g/mol. The molecule has 1 aromatic rings. The summed E-state index contributed by atoms with van der Waals surface area (Å²) in [4.78, 5) is 0. The molecule has 2 aliphatic rings. The Morgan fingerprint density at radius 2 is 1.40 bits per heavy atom. The summed E-state index contributed by atoms with van der Waals surface area (Å²) in [7, 11) is 3.29. The predicted molar refractivity (Wildman–Crippen MR) is 55.3 cm³/mol. The lowest BCUT2D eigenvalue weighted by Crippen LogP contribution is -1.97. The van der Waals surface area contributed by atoms with Gasteiger partial charge >= 0.3 is 0 Å². The molecular formula is C12H12O3. The third kappa shape index (κ3) is 1.10. The fourth-order valence-electron chi connectivity index (χ4n) is 2.21. The first kappa shape index (κ1) is 8.80. The molecule has 0 radical (unpaired) electrons. The Morgan fingerprint density at radius 1 is 0.933 bits per heavy atom. The molecule has 0 unspecified atom stereocenters. The van der Waals surface area contributed by atoms with Crippen molar-refractivity contribution in [1.29, 1.82) is 0 Å². The molecule has 0 aromatic heterocycles. The van der Waals surface area contributed by atoms with Gasteiger partial charge in [0.05, 0.1) is 14.2 Å². The Labute approximate surface area is 88.3 Å². The molecule has 0 amide bonds. The molecule has 2 bridgehead atoms. The zero-order valence-electron chi connectivity index (χ0n) is 8.69. The van der Waals surface area contributed by atoms with E-state index in [-0.39, 0.29) is 12.2 Å². The molecule has 15 heavy (non-hydrogen) atoms. The Morgan fingerprint density at radius 3 is 1.80 bits per heavy atom. The van der Waals surface area contributed by atoms with Gasteiger partial charge in [0.1, 0.15) is 12.2 Å². The molecule has 0 fully saturated rings. The van der Waals surface area contributed by atoms with E-state index in [1.807, 2.05) is 12.1 Å². The maximum atomic E-state index is 5.72. The molecule has 0 aliphatic carbocycles. The van der Waals surface area contributed by atoms with Gasteiger partial charge in [0.15, 0.2) is 11.5 Å². The highest BCUT2D eigenvalue weighted by molar-refractivity contribution is 5.53. The smallest absolute Gasteiger partial charge is 0.161 e. The fraction of sp³-hybridized carbons (Fsp3) is 0.333. The maximum Gasteiger partial charge on any atom is 0.161 e. The molecule has 2 heterocycles. The summed E-state index contributed by atoms with van der Waals surface area (Å²) >= 11 is 0. The summed E-state index contributed by atoms with van der Waals surface area (Å²) in [6.07, 6.45) is 4.37. The molecule has 3 rings (SSSR count). The second-order valence-corrected chi connectivity index (χ2v) is 3.70. The molecule has 3 heteroatoms. The molecule has 2 aliphatic heterocycles. The van der Waals surface area contributed by atoms with Crippen LogP contribution in [0.1, 0.15) is 23.3 Å². The van der Waals surface area contributed by atoms with Crippen LogP contribution in [-0.4, -0.2) is 14.2 Å². The summed E-state index contributed by atoms with van der Waals surface area (Å²) in [5.74, 6) is 1.53. The number of fused-ring (bicyclic) bond motifs is 5. The van der Waals surface area contributed by atoms with Crippen LogP contribution in [0.3, 0.4) is 0 Å². The van der Waals surface area contributed by atoms with Crippen molar-refractivity contribution in [2.75, 3.05) is 14.2 Å². The molecule has 78 valence electrons. The van der Waals surface area contributed by atoms with E-state index in [2.05, 4.69) is 12.2 Å². The van der Waals surface area contributed by atoms with Gasteiger partial charge in [-0.05, 0) is 23.3 Å². The van der Waals surface area contributed by atoms with E-state index in [0.29, 0.717) is 0 Å². The molecule has 0 spiro atoms. The van der Waals surface area contributed by atoms with Gasteiger partial charge < -0.3 is 14.2 Å². The third-order valence-corrected chi connectivity index (χ3v) is 2.96. The third-order valence-electron chi connectivity index (χ3n) is 2.96. The van der Waals surface area contributed by atoms with Gasteiger partial charge in [-0.3, -0.25) is 0 Å². The number of methoxy groups -OCH3 is 2. The topological polar surface area (TPSA) is 27.7 Å². The van der Waals surface area contributed by atoms with E-state index in [0.717, 1.165) is 11.5 Å². The highest BCUT2D eigenvalue weighted by Crippen LogP contribution is 2.49. The highest BCUT2D eigenvalue weighted by atomic mass is 16.5. The predicted octanol–water partition coefficient (Wildman–Crippen LogP) is 2.39. The van der Waals surface area contributed by atoms with E-state index in [1.165, 1.54) is 11.1 Å². The molecule has 3 nitrogen and oxygen atoms in total. The Hall–Kier alpha value is -1.48. The number of ether oxygens (including phenoxy) is 3. The number of rotatable bonds is 2. The van der Waals surface area contributed by atoms with Gasteiger partial charge in [-0.1, -0.05) is 12.2 Å². The quantitative estimate of drug-likeness (QED) is 0.692. The minimum absolute atomic E-state index is 0.102. The van der Waals surface area contributed by atoms with Crippen LogP contribution in [0.15, 0.2) is 24.3 Å². The van der Waals surface area contributed by atoms with Crippen molar-refractivity contribution >= 4 is 0 Å². The fourth-order valence-corrected chi connectivity index (χ4v) is 2.21. The summed E-state index contributed by atoms with van der Waals surface area (Å²) < 4.78 is 16.2. The molecule has 2 atom stereocenters. The van der Waals surface area contributed by atoms with Crippen molar-refractivity contribution < 1.29 is 14.2 Å². The first-order valence-corrected chi connectivity index (χ1v) is 4.93. The van der Waals surface area contributed by atoms with Crippen molar-refractivity contribution in [2.24, 2.45) is 0 Å². The van der Waals surface area contributed by atoms with Crippen LogP contribution in [0.5, 0.6) is 11.5 Å². The van der Waals surface area contributed by atoms with Crippen molar-refractivity contribution in [1.82, 2.24) is 0 Å².